The molecule has 0 unspecified atom stereocenters. The molecule has 146 valence electrons. The molecule has 2 aliphatic rings. The molecule has 1 atom stereocenters. The van der Waals surface area contributed by atoms with E-state index >= 15 is 0 Å². The zero-order chi connectivity index (χ0) is 20.2. The zero-order valence-corrected chi connectivity index (χ0v) is 16.8. The van der Waals surface area contributed by atoms with E-state index in [2.05, 4.69) is 10.3 Å². The zero-order valence-electron chi connectivity index (χ0n) is 16.0. The van der Waals surface area contributed by atoms with Crippen molar-refractivity contribution in [2.24, 2.45) is 0 Å². The van der Waals surface area contributed by atoms with Crippen LogP contribution >= 0.6 is 11.3 Å². The van der Waals surface area contributed by atoms with Gasteiger partial charge in [-0.2, -0.15) is 0 Å². The van der Waals surface area contributed by atoms with Gasteiger partial charge in [0.2, 0.25) is 0 Å². The molecule has 7 nitrogen and oxygen atoms in total. The van der Waals surface area contributed by atoms with Crippen LogP contribution in [-0.4, -0.2) is 39.9 Å². The van der Waals surface area contributed by atoms with Crippen LogP contribution in [0.4, 0.5) is 4.79 Å². The minimum atomic E-state index is -1.06. The number of aryl methyl sites for hydroxylation is 2. The number of thiophene rings is 1. The van der Waals surface area contributed by atoms with Crippen molar-refractivity contribution in [2.45, 2.75) is 45.6 Å². The maximum absolute atomic E-state index is 13.2. The summed E-state index contributed by atoms with van der Waals surface area (Å²) in [5.74, 6) is -0.903. The summed E-state index contributed by atoms with van der Waals surface area (Å²) in [6, 6.07) is 1.34. The fourth-order valence-corrected chi connectivity index (χ4v) is 5.46. The highest BCUT2D eigenvalue weighted by molar-refractivity contribution is 7.10. The lowest BCUT2D eigenvalue weighted by atomic mass is 9.80. The van der Waals surface area contributed by atoms with Crippen LogP contribution in [0.1, 0.15) is 62.3 Å². The van der Waals surface area contributed by atoms with E-state index in [9.17, 15) is 19.2 Å². The van der Waals surface area contributed by atoms with Crippen LogP contribution in [-0.2, 0) is 16.8 Å². The number of nitrogens with zero attached hydrogens (tertiary/aromatic N) is 1. The number of carbonyl (C=O) groups excluding carboxylic acids is 4. The fraction of sp³-hybridized carbons (Fsp3) is 0.400. The Kier molecular flexibility index (Phi) is 4.26. The molecule has 0 bridgehead atoms. The molecule has 2 aromatic heterocycles. The average molecular weight is 399 g/mol. The van der Waals surface area contributed by atoms with E-state index in [1.807, 2.05) is 11.4 Å². The van der Waals surface area contributed by atoms with Crippen molar-refractivity contribution in [3.8, 4) is 0 Å². The summed E-state index contributed by atoms with van der Waals surface area (Å²) < 4.78 is 0. The first-order chi connectivity index (χ1) is 13.3. The summed E-state index contributed by atoms with van der Waals surface area (Å²) in [7, 11) is 0. The quantitative estimate of drug-likeness (QED) is 0.610. The number of aromatic nitrogens is 1. The number of imide groups is 1. The van der Waals surface area contributed by atoms with Crippen LogP contribution < -0.4 is 5.32 Å². The second kappa shape index (κ2) is 6.41. The third kappa shape index (κ3) is 2.55. The largest absolute Gasteiger partial charge is 0.355 e. The van der Waals surface area contributed by atoms with Crippen LogP contribution in [0, 0.1) is 13.8 Å². The molecule has 1 spiro atoms. The van der Waals surface area contributed by atoms with Gasteiger partial charge in [0, 0.05) is 21.7 Å². The van der Waals surface area contributed by atoms with E-state index in [0.717, 1.165) is 28.2 Å². The van der Waals surface area contributed by atoms with E-state index in [1.54, 1.807) is 25.2 Å². The van der Waals surface area contributed by atoms with Crippen molar-refractivity contribution in [3.05, 3.63) is 44.4 Å². The van der Waals surface area contributed by atoms with Crippen molar-refractivity contribution in [3.63, 3.8) is 0 Å². The molecule has 1 aliphatic carbocycles. The molecule has 8 heteroatoms. The molecular formula is C20H21N3O4S. The van der Waals surface area contributed by atoms with Gasteiger partial charge in [0.25, 0.3) is 5.91 Å². The van der Waals surface area contributed by atoms with E-state index in [4.69, 9.17) is 0 Å². The third-order valence-corrected chi connectivity index (χ3v) is 6.69. The predicted octanol–water partition coefficient (Wildman–Crippen LogP) is 2.86. The third-order valence-electron chi connectivity index (χ3n) is 5.71. The Morgan fingerprint density at radius 2 is 2.04 bits per heavy atom. The van der Waals surface area contributed by atoms with Gasteiger partial charge in [-0.3, -0.25) is 19.3 Å². The highest BCUT2D eigenvalue weighted by Gasteiger charge is 2.54. The van der Waals surface area contributed by atoms with Gasteiger partial charge in [0.15, 0.2) is 11.6 Å². The van der Waals surface area contributed by atoms with E-state index in [0.29, 0.717) is 23.2 Å². The number of carbonyl (C=O) groups is 4. The summed E-state index contributed by atoms with van der Waals surface area (Å²) in [6.45, 7) is 4.51. The molecular weight excluding hydrogens is 378 g/mol. The Labute approximate surface area is 166 Å². The molecule has 1 fully saturated rings. The first-order valence-corrected chi connectivity index (χ1v) is 10.1. The van der Waals surface area contributed by atoms with Crippen LogP contribution in [0.15, 0.2) is 11.4 Å². The monoisotopic (exact) mass is 399 g/mol. The van der Waals surface area contributed by atoms with Crippen molar-refractivity contribution in [1.82, 2.24) is 15.2 Å². The van der Waals surface area contributed by atoms with E-state index < -0.39 is 17.4 Å². The van der Waals surface area contributed by atoms with Gasteiger partial charge in [-0.25, -0.2) is 4.79 Å². The SMILES string of the molecule is CC(=O)c1c(C)[nH]c(C(=O)CN2C(=O)N[C@@]3(CCCc4sccc43)C2=O)c1C. The lowest BCUT2D eigenvalue weighted by Gasteiger charge is -2.31. The van der Waals surface area contributed by atoms with E-state index in [1.165, 1.54) is 6.92 Å². The molecule has 2 aromatic rings. The number of hydrogen-bond donors (Lipinski definition) is 2. The number of H-pyrrole nitrogens is 1. The molecule has 1 aliphatic heterocycles. The number of hydrogen-bond acceptors (Lipinski definition) is 5. The minimum Gasteiger partial charge on any atom is -0.355 e. The molecule has 4 rings (SSSR count). The predicted molar refractivity (Wildman–Crippen MR) is 104 cm³/mol. The van der Waals surface area contributed by atoms with Gasteiger partial charge in [-0.05, 0) is 57.0 Å². The second-order valence-corrected chi connectivity index (χ2v) is 8.44. The van der Waals surface area contributed by atoms with Crippen LogP contribution in [0.5, 0.6) is 0 Å². The Morgan fingerprint density at radius 3 is 2.71 bits per heavy atom. The Balaban J connectivity index is 1.63. The van der Waals surface area contributed by atoms with Gasteiger partial charge in [0.05, 0.1) is 12.2 Å². The van der Waals surface area contributed by atoms with Gasteiger partial charge in [-0.1, -0.05) is 0 Å². The Bertz CT molecular complexity index is 1030. The Morgan fingerprint density at radius 1 is 1.29 bits per heavy atom. The Hall–Kier alpha value is -2.74. The molecule has 28 heavy (non-hydrogen) atoms. The number of Topliss-reactive ketones (excluding diaryl/α,β-unsaturated/α-hetero) is 2. The number of amides is 3. The van der Waals surface area contributed by atoms with Gasteiger partial charge in [0.1, 0.15) is 5.54 Å². The molecule has 0 aromatic carbocycles. The number of nitrogens with one attached hydrogen (secondary N) is 2. The van der Waals surface area contributed by atoms with Gasteiger partial charge >= 0.3 is 6.03 Å². The molecule has 2 N–H and O–H groups in total. The molecule has 0 radical (unpaired) electrons. The van der Waals surface area contributed by atoms with Crippen molar-refractivity contribution >= 4 is 34.8 Å². The summed E-state index contributed by atoms with van der Waals surface area (Å²) in [4.78, 5) is 55.5. The number of rotatable bonds is 4. The van der Waals surface area contributed by atoms with Crippen molar-refractivity contribution in [1.29, 1.82) is 0 Å². The van der Waals surface area contributed by atoms with Crippen LogP contribution in [0.25, 0.3) is 0 Å². The normalized spacial score (nSPS) is 21.2. The van der Waals surface area contributed by atoms with Gasteiger partial charge < -0.3 is 10.3 Å². The van der Waals surface area contributed by atoms with E-state index in [-0.39, 0.29) is 23.9 Å². The minimum absolute atomic E-state index is 0.133. The van der Waals surface area contributed by atoms with Crippen molar-refractivity contribution in [2.75, 3.05) is 6.54 Å². The lowest BCUT2D eigenvalue weighted by molar-refractivity contribution is -0.131. The highest BCUT2D eigenvalue weighted by Crippen LogP contribution is 2.42. The van der Waals surface area contributed by atoms with Crippen LogP contribution in [0.2, 0.25) is 0 Å². The fourth-order valence-electron chi connectivity index (χ4n) is 4.46. The number of urea groups is 1. The summed E-state index contributed by atoms with van der Waals surface area (Å²) in [5, 5.41) is 4.78. The first-order valence-electron chi connectivity index (χ1n) is 9.20. The summed E-state index contributed by atoms with van der Waals surface area (Å²) in [6.07, 6.45) is 2.23. The van der Waals surface area contributed by atoms with Gasteiger partial charge in [-0.15, -0.1) is 11.3 Å². The standard InChI is InChI=1S/C20H21N3O4S/c1-10-16(12(3)24)11(2)21-17(10)14(25)9-23-18(26)20(22-19(23)27)7-4-5-15-13(20)6-8-28-15/h6,8,21H,4-5,7,9H2,1-3H3,(H,22,27)/t20-/m1/s1. The van der Waals surface area contributed by atoms with Crippen molar-refractivity contribution < 1.29 is 19.2 Å². The average Bonchev–Trinajstić information content (AvgIpc) is 3.28. The van der Waals surface area contributed by atoms with Crippen LogP contribution in [0.3, 0.4) is 0 Å². The lowest BCUT2D eigenvalue weighted by Crippen LogP contribution is -2.46. The molecule has 0 saturated carbocycles. The molecule has 1 saturated heterocycles. The second-order valence-electron chi connectivity index (χ2n) is 7.44. The molecule has 3 amide bonds. The summed E-state index contributed by atoms with van der Waals surface area (Å²) in [5.41, 5.74) is 1.70. The maximum Gasteiger partial charge on any atom is 0.325 e. The number of fused-ring (bicyclic) bond motifs is 2. The topological polar surface area (TPSA) is 99.3 Å². The smallest absolute Gasteiger partial charge is 0.325 e. The first kappa shape index (κ1) is 18.6. The summed E-state index contributed by atoms with van der Waals surface area (Å²) >= 11 is 1.58. The molecule has 3 heterocycles. The number of aromatic amines is 1. The number of ketones is 2. The highest BCUT2D eigenvalue weighted by atomic mass is 32.1. The maximum atomic E-state index is 13.2.